The molecule has 2 heterocycles. The summed E-state index contributed by atoms with van der Waals surface area (Å²) in [7, 11) is 0. The standard InChI is InChI=1S/C17H14BrN5O/c18-12-4-3-6-13(8-12)23-16-11-20-15(10-21-16)17(24)22-9-14-5-1-2-7-19-14/h1-8,10-11H,9H2,(H,21,23)(H,22,24). The van der Waals surface area contributed by atoms with Crippen molar-refractivity contribution in [1.82, 2.24) is 20.3 Å². The van der Waals surface area contributed by atoms with Crippen molar-refractivity contribution in [3.05, 3.63) is 76.9 Å². The summed E-state index contributed by atoms with van der Waals surface area (Å²) in [4.78, 5) is 24.6. The Morgan fingerprint density at radius 3 is 2.67 bits per heavy atom. The van der Waals surface area contributed by atoms with Gasteiger partial charge in [0.25, 0.3) is 5.91 Å². The molecule has 0 unspecified atom stereocenters. The average Bonchev–Trinajstić information content (AvgIpc) is 2.61. The van der Waals surface area contributed by atoms with Crippen molar-refractivity contribution < 1.29 is 4.79 Å². The van der Waals surface area contributed by atoms with Gasteiger partial charge in [-0.2, -0.15) is 0 Å². The Hall–Kier alpha value is -2.80. The molecule has 0 atom stereocenters. The van der Waals surface area contributed by atoms with Crippen LogP contribution in [0.3, 0.4) is 0 Å². The Bertz CT molecular complexity index is 824. The molecule has 2 N–H and O–H groups in total. The number of halogens is 1. The minimum Gasteiger partial charge on any atom is -0.345 e. The fourth-order valence-corrected chi connectivity index (χ4v) is 2.39. The summed E-state index contributed by atoms with van der Waals surface area (Å²) >= 11 is 3.41. The molecule has 2 aromatic heterocycles. The maximum atomic E-state index is 12.1. The molecule has 0 aliphatic heterocycles. The van der Waals surface area contributed by atoms with Gasteiger partial charge in [-0.25, -0.2) is 9.97 Å². The van der Waals surface area contributed by atoms with E-state index in [2.05, 4.69) is 41.5 Å². The molecule has 0 spiro atoms. The minimum atomic E-state index is -0.290. The summed E-state index contributed by atoms with van der Waals surface area (Å²) < 4.78 is 0.964. The third-order valence-electron chi connectivity index (χ3n) is 3.14. The van der Waals surface area contributed by atoms with Crippen LogP contribution in [0.1, 0.15) is 16.2 Å². The van der Waals surface area contributed by atoms with Crippen LogP contribution < -0.4 is 10.6 Å². The lowest BCUT2D eigenvalue weighted by molar-refractivity contribution is 0.0945. The highest BCUT2D eigenvalue weighted by molar-refractivity contribution is 9.10. The molecule has 0 aliphatic carbocycles. The van der Waals surface area contributed by atoms with Gasteiger partial charge in [0.15, 0.2) is 0 Å². The number of anilines is 2. The average molecular weight is 384 g/mol. The number of hydrogen-bond donors (Lipinski definition) is 2. The van der Waals surface area contributed by atoms with Gasteiger partial charge in [-0.15, -0.1) is 0 Å². The number of nitrogens with one attached hydrogen (secondary N) is 2. The molecule has 24 heavy (non-hydrogen) atoms. The third-order valence-corrected chi connectivity index (χ3v) is 3.63. The molecule has 6 nitrogen and oxygen atoms in total. The van der Waals surface area contributed by atoms with E-state index in [9.17, 15) is 4.79 Å². The first-order chi connectivity index (χ1) is 11.7. The van der Waals surface area contributed by atoms with Crippen molar-refractivity contribution in [3.8, 4) is 0 Å². The van der Waals surface area contributed by atoms with Crippen LogP contribution in [0.4, 0.5) is 11.5 Å². The summed E-state index contributed by atoms with van der Waals surface area (Å²) in [5.74, 6) is 0.275. The van der Waals surface area contributed by atoms with Gasteiger partial charge in [-0.1, -0.05) is 28.1 Å². The molecule has 7 heteroatoms. The van der Waals surface area contributed by atoms with Crippen molar-refractivity contribution in [3.63, 3.8) is 0 Å². The molecule has 0 fully saturated rings. The zero-order valence-corrected chi connectivity index (χ0v) is 14.2. The van der Waals surface area contributed by atoms with Gasteiger partial charge in [0, 0.05) is 16.4 Å². The second-order valence-electron chi connectivity index (χ2n) is 4.93. The number of carbonyl (C=O) groups excluding carboxylic acids is 1. The van der Waals surface area contributed by atoms with Crippen LogP contribution in [0, 0.1) is 0 Å². The Balaban J connectivity index is 1.60. The maximum Gasteiger partial charge on any atom is 0.271 e. The normalized spacial score (nSPS) is 10.2. The molecule has 0 bridgehead atoms. The van der Waals surface area contributed by atoms with E-state index in [0.717, 1.165) is 15.9 Å². The number of rotatable bonds is 5. The fraction of sp³-hybridized carbons (Fsp3) is 0.0588. The lowest BCUT2D eigenvalue weighted by atomic mass is 10.3. The van der Waals surface area contributed by atoms with Crippen molar-refractivity contribution in [2.45, 2.75) is 6.54 Å². The van der Waals surface area contributed by atoms with Crippen LogP contribution in [0.2, 0.25) is 0 Å². The van der Waals surface area contributed by atoms with Crippen LogP contribution in [0.5, 0.6) is 0 Å². The van der Waals surface area contributed by atoms with Crippen LogP contribution in [-0.2, 0) is 6.54 Å². The first-order valence-corrected chi connectivity index (χ1v) is 8.03. The topological polar surface area (TPSA) is 79.8 Å². The van der Waals surface area contributed by atoms with E-state index in [4.69, 9.17) is 0 Å². The van der Waals surface area contributed by atoms with E-state index in [-0.39, 0.29) is 11.6 Å². The van der Waals surface area contributed by atoms with E-state index < -0.39 is 0 Å². The number of nitrogens with zero attached hydrogens (tertiary/aromatic N) is 3. The molecule has 0 saturated carbocycles. The molecule has 0 saturated heterocycles. The molecule has 3 aromatic rings. The Morgan fingerprint density at radius 1 is 1.04 bits per heavy atom. The summed E-state index contributed by atoms with van der Waals surface area (Å²) in [5, 5.41) is 5.88. The van der Waals surface area contributed by atoms with Gasteiger partial charge < -0.3 is 10.6 Å². The van der Waals surface area contributed by atoms with Gasteiger partial charge in [0.1, 0.15) is 11.5 Å². The number of hydrogen-bond acceptors (Lipinski definition) is 5. The molecule has 0 aliphatic rings. The van der Waals surface area contributed by atoms with Crippen LogP contribution >= 0.6 is 15.9 Å². The number of pyridine rings is 1. The SMILES string of the molecule is O=C(NCc1ccccn1)c1cnc(Nc2cccc(Br)c2)cn1. The van der Waals surface area contributed by atoms with Crippen molar-refractivity contribution in [1.29, 1.82) is 0 Å². The minimum absolute atomic E-state index is 0.255. The Morgan fingerprint density at radius 2 is 1.96 bits per heavy atom. The quantitative estimate of drug-likeness (QED) is 0.706. The Labute approximate surface area is 147 Å². The summed E-state index contributed by atoms with van der Waals surface area (Å²) in [6.07, 6.45) is 4.65. The van der Waals surface area contributed by atoms with E-state index in [0.29, 0.717) is 12.4 Å². The van der Waals surface area contributed by atoms with Gasteiger partial charge >= 0.3 is 0 Å². The second kappa shape index (κ2) is 7.65. The first kappa shape index (κ1) is 16.1. The molecule has 1 aromatic carbocycles. The van der Waals surface area contributed by atoms with E-state index in [1.165, 1.54) is 12.4 Å². The van der Waals surface area contributed by atoms with Crippen molar-refractivity contribution in [2.75, 3.05) is 5.32 Å². The lowest BCUT2D eigenvalue weighted by Crippen LogP contribution is -2.24. The van der Waals surface area contributed by atoms with Crippen LogP contribution in [0.25, 0.3) is 0 Å². The fourth-order valence-electron chi connectivity index (χ4n) is 1.99. The largest absolute Gasteiger partial charge is 0.345 e. The van der Waals surface area contributed by atoms with Gasteiger partial charge in [0.2, 0.25) is 0 Å². The predicted octanol–water partition coefficient (Wildman–Crippen LogP) is 3.31. The van der Waals surface area contributed by atoms with Crippen molar-refractivity contribution >= 4 is 33.3 Å². The summed E-state index contributed by atoms with van der Waals surface area (Å²) in [6.45, 7) is 0.347. The molecule has 1 amide bonds. The van der Waals surface area contributed by atoms with Gasteiger partial charge in [-0.05, 0) is 30.3 Å². The van der Waals surface area contributed by atoms with Gasteiger partial charge in [0.05, 0.1) is 24.6 Å². The summed E-state index contributed by atoms with van der Waals surface area (Å²) in [5.41, 5.74) is 1.92. The zero-order valence-electron chi connectivity index (χ0n) is 12.6. The third kappa shape index (κ3) is 4.36. The molecule has 120 valence electrons. The molecular formula is C17H14BrN5O. The number of amides is 1. The lowest BCUT2D eigenvalue weighted by Gasteiger charge is -2.07. The van der Waals surface area contributed by atoms with Crippen LogP contribution in [0.15, 0.2) is 65.5 Å². The summed E-state index contributed by atoms with van der Waals surface area (Å²) in [6, 6.07) is 13.2. The van der Waals surface area contributed by atoms with Crippen LogP contribution in [-0.4, -0.2) is 20.9 Å². The van der Waals surface area contributed by atoms with E-state index >= 15 is 0 Å². The highest BCUT2D eigenvalue weighted by atomic mass is 79.9. The Kier molecular flexibility index (Phi) is 5.12. The highest BCUT2D eigenvalue weighted by Crippen LogP contribution is 2.18. The van der Waals surface area contributed by atoms with Crippen molar-refractivity contribution in [2.24, 2.45) is 0 Å². The number of benzene rings is 1. The van der Waals surface area contributed by atoms with E-state index in [1.807, 2.05) is 42.5 Å². The molecule has 3 rings (SSSR count). The highest BCUT2D eigenvalue weighted by Gasteiger charge is 2.08. The van der Waals surface area contributed by atoms with E-state index in [1.54, 1.807) is 6.20 Å². The first-order valence-electron chi connectivity index (χ1n) is 7.23. The molecule has 0 radical (unpaired) electrons. The second-order valence-corrected chi connectivity index (χ2v) is 5.84. The smallest absolute Gasteiger partial charge is 0.271 e. The number of aromatic nitrogens is 3. The zero-order chi connectivity index (χ0) is 16.8. The monoisotopic (exact) mass is 383 g/mol. The molecular weight excluding hydrogens is 370 g/mol. The predicted molar refractivity (Wildman–Crippen MR) is 94.9 cm³/mol. The maximum absolute atomic E-state index is 12.1. The van der Waals surface area contributed by atoms with Gasteiger partial charge in [-0.3, -0.25) is 9.78 Å². The number of carbonyl (C=O) groups is 1.